The molecule has 0 unspecified atom stereocenters. The summed E-state index contributed by atoms with van der Waals surface area (Å²) in [5, 5.41) is 2.77. The fourth-order valence-electron chi connectivity index (χ4n) is 2.14. The van der Waals surface area contributed by atoms with Gasteiger partial charge in [-0.25, -0.2) is 13.1 Å². The monoisotopic (exact) mass is 332 g/mol. The van der Waals surface area contributed by atoms with Gasteiger partial charge in [0.2, 0.25) is 15.9 Å². The zero-order valence-corrected chi connectivity index (χ0v) is 13.7. The third-order valence-electron chi connectivity index (χ3n) is 3.33. The lowest BCUT2D eigenvalue weighted by molar-refractivity contribution is -0.120. The Kier molecular flexibility index (Phi) is 5.90. The number of benzene rings is 2. The van der Waals surface area contributed by atoms with E-state index >= 15 is 0 Å². The van der Waals surface area contributed by atoms with Crippen LogP contribution in [-0.2, 0) is 20.6 Å². The van der Waals surface area contributed by atoms with E-state index in [-0.39, 0.29) is 24.2 Å². The van der Waals surface area contributed by atoms with Crippen molar-refractivity contribution in [2.45, 2.75) is 18.7 Å². The first-order valence-electron chi connectivity index (χ1n) is 7.32. The maximum Gasteiger partial charge on any atom is 0.235 e. The summed E-state index contributed by atoms with van der Waals surface area (Å²) in [6.45, 7) is 1.58. The Bertz CT molecular complexity index is 731. The minimum Gasteiger partial charge on any atom is -0.348 e. The van der Waals surface area contributed by atoms with Crippen LogP contribution in [0.2, 0.25) is 0 Å². The van der Waals surface area contributed by atoms with Crippen molar-refractivity contribution in [3.8, 4) is 0 Å². The Hall–Kier alpha value is -2.18. The van der Waals surface area contributed by atoms with E-state index in [0.717, 1.165) is 5.56 Å². The lowest BCUT2D eigenvalue weighted by atomic mass is 10.1. The second kappa shape index (κ2) is 7.89. The number of hydrogen-bond donors (Lipinski definition) is 2. The number of sulfonamides is 1. The van der Waals surface area contributed by atoms with Crippen LogP contribution in [0.3, 0.4) is 0 Å². The number of rotatable bonds is 7. The highest BCUT2D eigenvalue weighted by molar-refractivity contribution is 7.88. The maximum atomic E-state index is 12.0. The Labute approximate surface area is 136 Å². The van der Waals surface area contributed by atoms with E-state index < -0.39 is 10.0 Å². The number of carbonyl (C=O) groups excluding carboxylic acids is 1. The molecule has 23 heavy (non-hydrogen) atoms. The van der Waals surface area contributed by atoms with E-state index in [2.05, 4.69) is 10.0 Å². The molecular formula is C17H20N2O3S. The molecule has 6 heteroatoms. The molecule has 0 aliphatic heterocycles. The lowest BCUT2D eigenvalue weighted by Gasteiger charge is -2.14. The molecular weight excluding hydrogens is 312 g/mol. The highest BCUT2D eigenvalue weighted by atomic mass is 32.2. The zero-order valence-electron chi connectivity index (χ0n) is 12.9. The molecule has 0 bridgehead atoms. The Morgan fingerprint density at radius 1 is 1.00 bits per heavy atom. The topological polar surface area (TPSA) is 75.3 Å². The molecule has 0 aliphatic carbocycles. The summed E-state index contributed by atoms with van der Waals surface area (Å²) in [6.07, 6.45) is 0. The Morgan fingerprint density at radius 3 is 2.17 bits per heavy atom. The summed E-state index contributed by atoms with van der Waals surface area (Å²) in [6, 6.07) is 18.2. The van der Waals surface area contributed by atoms with Crippen LogP contribution in [0.4, 0.5) is 0 Å². The summed E-state index contributed by atoms with van der Waals surface area (Å²) >= 11 is 0. The van der Waals surface area contributed by atoms with Gasteiger partial charge in [0.1, 0.15) is 0 Å². The average Bonchev–Trinajstić information content (AvgIpc) is 2.54. The van der Waals surface area contributed by atoms with Crippen LogP contribution in [0.15, 0.2) is 60.7 Å². The van der Waals surface area contributed by atoms with Gasteiger partial charge < -0.3 is 5.32 Å². The smallest absolute Gasteiger partial charge is 0.235 e. The van der Waals surface area contributed by atoms with Gasteiger partial charge in [-0.3, -0.25) is 4.79 Å². The number of carbonyl (C=O) groups is 1. The molecule has 2 aromatic rings. The van der Waals surface area contributed by atoms with Crippen molar-refractivity contribution < 1.29 is 13.2 Å². The van der Waals surface area contributed by atoms with Crippen LogP contribution in [0.5, 0.6) is 0 Å². The number of nitrogens with one attached hydrogen (secondary N) is 2. The molecule has 1 atom stereocenters. The van der Waals surface area contributed by atoms with Crippen molar-refractivity contribution in [1.29, 1.82) is 0 Å². The van der Waals surface area contributed by atoms with Gasteiger partial charge in [-0.05, 0) is 18.1 Å². The quantitative estimate of drug-likeness (QED) is 0.814. The summed E-state index contributed by atoms with van der Waals surface area (Å²) in [7, 11) is -3.54. The number of hydrogen-bond acceptors (Lipinski definition) is 3. The van der Waals surface area contributed by atoms with Gasteiger partial charge in [0, 0.05) is 0 Å². The second-order valence-corrected chi connectivity index (χ2v) is 7.07. The summed E-state index contributed by atoms with van der Waals surface area (Å²) in [5.41, 5.74) is 1.64. The second-order valence-electron chi connectivity index (χ2n) is 5.27. The molecule has 0 radical (unpaired) electrons. The van der Waals surface area contributed by atoms with Crippen molar-refractivity contribution in [2.24, 2.45) is 0 Å². The standard InChI is InChI=1S/C17H20N2O3S/c1-14(16-10-6-3-7-11-16)19-17(20)12-18-23(21,22)13-15-8-4-2-5-9-15/h2-11,14,18H,12-13H2,1H3,(H,19,20)/t14-/m1/s1. The molecule has 2 N–H and O–H groups in total. The SMILES string of the molecule is C[C@@H](NC(=O)CNS(=O)(=O)Cc1ccccc1)c1ccccc1. The number of amides is 1. The molecule has 5 nitrogen and oxygen atoms in total. The molecule has 0 fully saturated rings. The molecule has 0 aliphatic rings. The molecule has 2 aromatic carbocycles. The fraction of sp³-hybridized carbons (Fsp3) is 0.235. The van der Waals surface area contributed by atoms with Crippen molar-refractivity contribution >= 4 is 15.9 Å². The molecule has 0 spiro atoms. The van der Waals surface area contributed by atoms with Gasteiger partial charge in [-0.2, -0.15) is 0 Å². The summed E-state index contributed by atoms with van der Waals surface area (Å²) in [5.74, 6) is -0.506. The maximum absolute atomic E-state index is 12.0. The fourth-order valence-corrected chi connectivity index (χ4v) is 3.22. The molecule has 0 aromatic heterocycles. The van der Waals surface area contributed by atoms with Crippen LogP contribution in [0, 0.1) is 0 Å². The van der Waals surface area contributed by atoms with Gasteiger partial charge in [-0.1, -0.05) is 60.7 Å². The van der Waals surface area contributed by atoms with Gasteiger partial charge in [0.25, 0.3) is 0 Å². The van der Waals surface area contributed by atoms with Crippen LogP contribution in [0.1, 0.15) is 24.1 Å². The summed E-state index contributed by atoms with van der Waals surface area (Å²) < 4.78 is 26.3. The predicted molar refractivity (Wildman–Crippen MR) is 90.1 cm³/mol. The molecule has 1 amide bonds. The first-order valence-corrected chi connectivity index (χ1v) is 8.97. The van der Waals surface area contributed by atoms with Crippen molar-refractivity contribution in [3.05, 3.63) is 71.8 Å². The van der Waals surface area contributed by atoms with Gasteiger partial charge >= 0.3 is 0 Å². The van der Waals surface area contributed by atoms with E-state index in [1.165, 1.54) is 0 Å². The predicted octanol–water partition coefficient (Wildman–Crippen LogP) is 1.98. The molecule has 0 saturated carbocycles. The van der Waals surface area contributed by atoms with Crippen LogP contribution in [0.25, 0.3) is 0 Å². The lowest BCUT2D eigenvalue weighted by Crippen LogP contribution is -2.38. The third kappa shape index (κ3) is 5.84. The third-order valence-corrected chi connectivity index (χ3v) is 4.63. The van der Waals surface area contributed by atoms with E-state index in [9.17, 15) is 13.2 Å². The van der Waals surface area contributed by atoms with Gasteiger partial charge in [-0.15, -0.1) is 0 Å². The highest BCUT2D eigenvalue weighted by Crippen LogP contribution is 2.10. The summed E-state index contributed by atoms with van der Waals surface area (Å²) in [4.78, 5) is 11.9. The Balaban J connectivity index is 1.84. The highest BCUT2D eigenvalue weighted by Gasteiger charge is 2.15. The van der Waals surface area contributed by atoms with Crippen molar-refractivity contribution in [3.63, 3.8) is 0 Å². The molecule has 2 rings (SSSR count). The minimum absolute atomic E-state index is 0.143. The van der Waals surface area contributed by atoms with Crippen LogP contribution in [-0.4, -0.2) is 20.9 Å². The van der Waals surface area contributed by atoms with E-state index in [1.807, 2.05) is 43.3 Å². The van der Waals surface area contributed by atoms with E-state index in [4.69, 9.17) is 0 Å². The van der Waals surface area contributed by atoms with Crippen molar-refractivity contribution in [1.82, 2.24) is 10.0 Å². The van der Waals surface area contributed by atoms with E-state index in [1.54, 1.807) is 24.3 Å². The van der Waals surface area contributed by atoms with Crippen LogP contribution < -0.4 is 10.0 Å². The largest absolute Gasteiger partial charge is 0.348 e. The Morgan fingerprint density at radius 2 is 1.57 bits per heavy atom. The van der Waals surface area contributed by atoms with E-state index in [0.29, 0.717) is 5.56 Å². The molecule has 0 heterocycles. The first-order chi connectivity index (χ1) is 11.0. The zero-order chi connectivity index (χ0) is 16.7. The normalized spacial score (nSPS) is 12.6. The van der Waals surface area contributed by atoms with Gasteiger partial charge in [0.15, 0.2) is 0 Å². The van der Waals surface area contributed by atoms with Crippen LogP contribution >= 0.6 is 0 Å². The average molecular weight is 332 g/mol. The molecule has 0 saturated heterocycles. The van der Waals surface area contributed by atoms with Crippen molar-refractivity contribution in [2.75, 3.05) is 6.54 Å². The first kappa shape index (κ1) is 17.2. The minimum atomic E-state index is -3.54. The molecule has 122 valence electrons. The van der Waals surface area contributed by atoms with Gasteiger partial charge in [0.05, 0.1) is 18.3 Å².